The lowest BCUT2D eigenvalue weighted by Gasteiger charge is -2.32. The highest BCUT2D eigenvalue weighted by molar-refractivity contribution is 5.31. The first-order chi connectivity index (χ1) is 8.07. The van der Waals surface area contributed by atoms with E-state index in [-0.39, 0.29) is 5.41 Å². The normalized spacial score (nSPS) is 26.1. The molecule has 1 aliphatic heterocycles. The predicted molar refractivity (Wildman–Crippen MR) is 67.8 cm³/mol. The summed E-state index contributed by atoms with van der Waals surface area (Å²) in [7, 11) is 0. The van der Waals surface area contributed by atoms with E-state index in [9.17, 15) is 5.11 Å². The average Bonchev–Trinajstić information content (AvgIpc) is 2.76. The molecule has 2 unspecified atom stereocenters. The van der Waals surface area contributed by atoms with E-state index in [1.165, 1.54) is 11.1 Å². The molecule has 3 N–H and O–H groups in total. The number of ether oxygens (including phenoxy) is 1. The fourth-order valence-electron chi connectivity index (χ4n) is 2.63. The van der Waals surface area contributed by atoms with Crippen LogP contribution >= 0.6 is 0 Å². The molecule has 1 aromatic carbocycles. The van der Waals surface area contributed by atoms with Gasteiger partial charge in [0.1, 0.15) is 0 Å². The molecule has 0 radical (unpaired) electrons. The van der Waals surface area contributed by atoms with Crippen LogP contribution in [0.2, 0.25) is 0 Å². The number of hydrogen-bond donors (Lipinski definition) is 2. The summed E-state index contributed by atoms with van der Waals surface area (Å²) in [6, 6.07) is 6.18. The maximum absolute atomic E-state index is 10.6. The zero-order valence-corrected chi connectivity index (χ0v) is 10.6. The lowest BCUT2D eigenvalue weighted by Crippen LogP contribution is -2.37. The molecular weight excluding hydrogens is 214 g/mol. The van der Waals surface area contributed by atoms with Gasteiger partial charge in [0.05, 0.1) is 12.7 Å². The van der Waals surface area contributed by atoms with Gasteiger partial charge in [-0.15, -0.1) is 0 Å². The quantitative estimate of drug-likeness (QED) is 0.838. The van der Waals surface area contributed by atoms with E-state index in [0.29, 0.717) is 19.8 Å². The van der Waals surface area contributed by atoms with Crippen molar-refractivity contribution in [3.8, 4) is 0 Å². The Labute approximate surface area is 103 Å². The number of hydrogen-bond acceptors (Lipinski definition) is 3. The van der Waals surface area contributed by atoms with Crippen LogP contribution in [0, 0.1) is 19.3 Å². The molecule has 2 atom stereocenters. The molecule has 0 bridgehead atoms. The van der Waals surface area contributed by atoms with E-state index in [4.69, 9.17) is 10.5 Å². The highest BCUT2D eigenvalue weighted by atomic mass is 16.5. The van der Waals surface area contributed by atoms with Gasteiger partial charge in [-0.1, -0.05) is 29.3 Å². The highest BCUT2D eigenvalue weighted by Gasteiger charge is 2.41. The molecule has 0 saturated carbocycles. The third kappa shape index (κ3) is 2.37. The largest absolute Gasteiger partial charge is 0.388 e. The number of nitrogens with two attached hydrogens (primary N) is 1. The van der Waals surface area contributed by atoms with Gasteiger partial charge in [-0.25, -0.2) is 0 Å². The van der Waals surface area contributed by atoms with Crippen molar-refractivity contribution >= 4 is 0 Å². The minimum Gasteiger partial charge on any atom is -0.388 e. The summed E-state index contributed by atoms with van der Waals surface area (Å²) < 4.78 is 5.41. The molecule has 1 aliphatic rings. The lowest BCUT2D eigenvalue weighted by atomic mass is 9.78. The summed E-state index contributed by atoms with van der Waals surface area (Å²) in [6.45, 7) is 5.80. The smallest absolute Gasteiger partial charge is 0.0881 e. The highest BCUT2D eigenvalue weighted by Crippen LogP contribution is 2.40. The molecule has 94 valence electrons. The molecule has 2 rings (SSSR count). The van der Waals surface area contributed by atoms with Gasteiger partial charge >= 0.3 is 0 Å². The number of aliphatic hydroxyl groups excluding tert-OH is 1. The van der Waals surface area contributed by atoms with Crippen LogP contribution in [0.15, 0.2) is 18.2 Å². The summed E-state index contributed by atoms with van der Waals surface area (Å²) in [4.78, 5) is 0. The Morgan fingerprint density at radius 1 is 1.35 bits per heavy atom. The Balaban J connectivity index is 2.32. The van der Waals surface area contributed by atoms with Crippen molar-refractivity contribution in [2.45, 2.75) is 26.4 Å². The molecule has 3 heteroatoms. The van der Waals surface area contributed by atoms with Crippen LogP contribution in [0.3, 0.4) is 0 Å². The monoisotopic (exact) mass is 235 g/mol. The molecule has 1 heterocycles. The topological polar surface area (TPSA) is 55.5 Å². The maximum Gasteiger partial charge on any atom is 0.0881 e. The van der Waals surface area contributed by atoms with Gasteiger partial charge in [0.2, 0.25) is 0 Å². The van der Waals surface area contributed by atoms with Gasteiger partial charge in [-0.3, -0.25) is 0 Å². The summed E-state index contributed by atoms with van der Waals surface area (Å²) in [5, 5.41) is 10.6. The molecular formula is C14H21NO2. The van der Waals surface area contributed by atoms with Crippen molar-refractivity contribution in [2.24, 2.45) is 11.1 Å². The van der Waals surface area contributed by atoms with Crippen molar-refractivity contribution in [1.29, 1.82) is 0 Å². The molecule has 17 heavy (non-hydrogen) atoms. The second-order valence-electron chi connectivity index (χ2n) is 5.19. The first kappa shape index (κ1) is 12.6. The zero-order chi connectivity index (χ0) is 12.5. The van der Waals surface area contributed by atoms with Crippen LogP contribution in [0.25, 0.3) is 0 Å². The van der Waals surface area contributed by atoms with Crippen molar-refractivity contribution in [3.63, 3.8) is 0 Å². The van der Waals surface area contributed by atoms with Crippen LogP contribution < -0.4 is 5.73 Å². The second kappa shape index (κ2) is 4.77. The van der Waals surface area contributed by atoms with Crippen LogP contribution in [-0.4, -0.2) is 24.9 Å². The number of aryl methyl sites for hydroxylation is 2. The van der Waals surface area contributed by atoms with Gasteiger partial charge in [0, 0.05) is 18.6 Å². The van der Waals surface area contributed by atoms with Crippen molar-refractivity contribution in [3.05, 3.63) is 34.9 Å². The van der Waals surface area contributed by atoms with E-state index in [2.05, 4.69) is 6.07 Å². The van der Waals surface area contributed by atoms with E-state index in [0.717, 1.165) is 12.0 Å². The zero-order valence-electron chi connectivity index (χ0n) is 10.6. The molecule has 3 nitrogen and oxygen atoms in total. The molecule has 0 aliphatic carbocycles. The molecule has 0 spiro atoms. The first-order valence-corrected chi connectivity index (χ1v) is 6.11. The fraction of sp³-hybridized carbons (Fsp3) is 0.571. The first-order valence-electron chi connectivity index (χ1n) is 6.11. The van der Waals surface area contributed by atoms with E-state index in [1.807, 2.05) is 26.0 Å². The SMILES string of the molecule is Cc1cc(C)cc(C(O)C2(CN)CCOC2)c1. The average molecular weight is 235 g/mol. The summed E-state index contributed by atoms with van der Waals surface area (Å²) in [5.74, 6) is 0. The molecule has 0 amide bonds. The Morgan fingerprint density at radius 3 is 2.47 bits per heavy atom. The van der Waals surface area contributed by atoms with Crippen LogP contribution in [0.5, 0.6) is 0 Å². The Morgan fingerprint density at radius 2 is 2.00 bits per heavy atom. The maximum atomic E-state index is 10.6. The van der Waals surface area contributed by atoms with Crippen LogP contribution in [0.4, 0.5) is 0 Å². The van der Waals surface area contributed by atoms with Crippen molar-refractivity contribution in [2.75, 3.05) is 19.8 Å². The van der Waals surface area contributed by atoms with Gasteiger partial charge < -0.3 is 15.6 Å². The fourth-order valence-corrected chi connectivity index (χ4v) is 2.63. The van der Waals surface area contributed by atoms with Crippen LogP contribution in [-0.2, 0) is 4.74 Å². The Hall–Kier alpha value is -0.900. The van der Waals surface area contributed by atoms with Gasteiger partial charge in [0.25, 0.3) is 0 Å². The van der Waals surface area contributed by atoms with Crippen molar-refractivity contribution in [1.82, 2.24) is 0 Å². The van der Waals surface area contributed by atoms with E-state index >= 15 is 0 Å². The Bertz CT molecular complexity index is 377. The predicted octanol–water partition coefficient (Wildman–Crippen LogP) is 1.70. The summed E-state index contributed by atoms with van der Waals surface area (Å²) >= 11 is 0. The molecule has 0 aromatic heterocycles. The van der Waals surface area contributed by atoms with Gasteiger partial charge in [0.15, 0.2) is 0 Å². The third-order valence-corrected chi connectivity index (χ3v) is 3.68. The van der Waals surface area contributed by atoms with Crippen molar-refractivity contribution < 1.29 is 9.84 Å². The van der Waals surface area contributed by atoms with Gasteiger partial charge in [-0.05, 0) is 25.8 Å². The number of rotatable bonds is 3. The molecule has 1 aromatic rings. The third-order valence-electron chi connectivity index (χ3n) is 3.68. The standard InChI is InChI=1S/C14H21NO2/c1-10-5-11(2)7-12(6-10)13(16)14(8-15)3-4-17-9-14/h5-7,13,16H,3-4,8-9,15H2,1-2H3. The molecule has 1 fully saturated rings. The van der Waals surface area contributed by atoms with E-state index < -0.39 is 6.10 Å². The lowest BCUT2D eigenvalue weighted by molar-refractivity contribution is 0.0190. The minimum atomic E-state index is -0.534. The summed E-state index contributed by atoms with van der Waals surface area (Å²) in [6.07, 6.45) is 0.297. The summed E-state index contributed by atoms with van der Waals surface area (Å²) in [5.41, 5.74) is 8.84. The Kier molecular flexibility index (Phi) is 3.52. The number of benzene rings is 1. The van der Waals surface area contributed by atoms with Crippen LogP contribution in [0.1, 0.15) is 29.2 Å². The molecule has 1 saturated heterocycles. The minimum absolute atomic E-state index is 0.305. The van der Waals surface area contributed by atoms with Gasteiger partial charge in [-0.2, -0.15) is 0 Å². The van der Waals surface area contributed by atoms with E-state index in [1.54, 1.807) is 0 Å². The second-order valence-corrected chi connectivity index (χ2v) is 5.19. The number of aliphatic hydroxyl groups is 1.